The fourth-order valence-electron chi connectivity index (χ4n) is 2.32. The minimum Gasteiger partial charge on any atom is -0.491 e. The molecule has 1 amide bonds. The highest BCUT2D eigenvalue weighted by Crippen LogP contribution is 2.16. The van der Waals surface area contributed by atoms with Crippen molar-refractivity contribution in [1.82, 2.24) is 9.55 Å². The number of rotatable bonds is 7. The maximum absolute atomic E-state index is 12.0. The molecule has 6 heteroatoms. The lowest BCUT2D eigenvalue weighted by molar-refractivity contribution is -0.111. The van der Waals surface area contributed by atoms with Crippen molar-refractivity contribution in [1.29, 1.82) is 0 Å². The van der Waals surface area contributed by atoms with Crippen LogP contribution in [0.2, 0.25) is 0 Å². The number of carbonyl (C=O) groups excluding carboxylic acids is 1. The van der Waals surface area contributed by atoms with Crippen LogP contribution in [-0.2, 0) is 4.79 Å². The van der Waals surface area contributed by atoms with Crippen LogP contribution in [0.1, 0.15) is 5.56 Å². The number of hydrogen-bond acceptors (Lipinski definition) is 4. The summed E-state index contributed by atoms with van der Waals surface area (Å²) in [5, 5.41) is 11.5. The number of anilines is 1. The van der Waals surface area contributed by atoms with Gasteiger partial charge in [-0.3, -0.25) is 4.79 Å². The summed E-state index contributed by atoms with van der Waals surface area (Å²) >= 11 is 0. The van der Waals surface area contributed by atoms with Gasteiger partial charge in [0.15, 0.2) is 0 Å². The molecule has 26 heavy (non-hydrogen) atoms. The van der Waals surface area contributed by atoms with Gasteiger partial charge in [-0.2, -0.15) is 0 Å². The second kappa shape index (κ2) is 8.64. The number of aliphatic hydroxyl groups excluding tert-OH is 1. The number of aromatic nitrogens is 2. The van der Waals surface area contributed by atoms with Gasteiger partial charge in [0.25, 0.3) is 0 Å². The quantitative estimate of drug-likeness (QED) is 0.643. The summed E-state index contributed by atoms with van der Waals surface area (Å²) in [5.41, 5.74) is 2.61. The molecule has 0 radical (unpaired) electrons. The highest BCUT2D eigenvalue weighted by Gasteiger charge is 2.00. The van der Waals surface area contributed by atoms with E-state index in [4.69, 9.17) is 9.84 Å². The number of carbonyl (C=O) groups is 1. The van der Waals surface area contributed by atoms with Crippen LogP contribution in [0.15, 0.2) is 73.3 Å². The zero-order valence-electron chi connectivity index (χ0n) is 14.1. The molecular weight excluding hydrogens is 330 g/mol. The summed E-state index contributed by atoms with van der Waals surface area (Å²) in [6, 6.07) is 14.8. The molecule has 0 fully saturated rings. The molecule has 2 aromatic carbocycles. The maximum atomic E-state index is 12.0. The van der Waals surface area contributed by atoms with Gasteiger partial charge in [0.1, 0.15) is 12.4 Å². The summed E-state index contributed by atoms with van der Waals surface area (Å²) in [5.74, 6) is 0.429. The molecule has 0 bridgehead atoms. The first-order valence-corrected chi connectivity index (χ1v) is 8.16. The fraction of sp³-hybridized carbons (Fsp3) is 0.100. The summed E-state index contributed by atoms with van der Waals surface area (Å²) in [6.07, 6.45) is 8.58. The molecule has 1 aromatic heterocycles. The number of benzene rings is 2. The SMILES string of the molecule is O=C(/C=C/c1ccc(-n2ccnc2)cc1)Nc1ccc(OCCO)cc1. The first-order chi connectivity index (χ1) is 12.7. The number of nitrogens with one attached hydrogen (secondary N) is 1. The van der Waals surface area contributed by atoms with Crippen LogP contribution in [0.4, 0.5) is 5.69 Å². The molecule has 0 saturated carbocycles. The Kier molecular flexibility index (Phi) is 5.80. The summed E-state index contributed by atoms with van der Waals surface area (Å²) in [4.78, 5) is 16.0. The van der Waals surface area contributed by atoms with Crippen LogP contribution in [0.3, 0.4) is 0 Å². The number of imidazole rings is 1. The third-order valence-electron chi connectivity index (χ3n) is 3.60. The normalized spacial score (nSPS) is 10.8. The van der Waals surface area contributed by atoms with Gasteiger partial charge in [-0.25, -0.2) is 4.98 Å². The third-order valence-corrected chi connectivity index (χ3v) is 3.60. The first-order valence-electron chi connectivity index (χ1n) is 8.16. The third kappa shape index (κ3) is 4.81. The van der Waals surface area contributed by atoms with Gasteiger partial charge >= 0.3 is 0 Å². The van der Waals surface area contributed by atoms with Crippen LogP contribution in [0.5, 0.6) is 5.75 Å². The van der Waals surface area contributed by atoms with E-state index >= 15 is 0 Å². The Morgan fingerprint density at radius 3 is 2.58 bits per heavy atom. The predicted octanol–water partition coefficient (Wildman–Crippen LogP) is 2.90. The average molecular weight is 349 g/mol. The van der Waals surface area contributed by atoms with Crippen molar-refractivity contribution >= 4 is 17.7 Å². The van der Waals surface area contributed by atoms with Gasteiger partial charge < -0.3 is 19.7 Å². The zero-order chi connectivity index (χ0) is 18.2. The first kappa shape index (κ1) is 17.4. The molecule has 0 atom stereocenters. The summed E-state index contributed by atoms with van der Waals surface area (Å²) in [7, 11) is 0. The Morgan fingerprint density at radius 2 is 1.92 bits per heavy atom. The van der Waals surface area contributed by atoms with Crippen molar-refractivity contribution in [2.45, 2.75) is 0 Å². The van der Waals surface area contributed by atoms with Gasteiger partial charge in [-0.1, -0.05) is 12.1 Å². The predicted molar refractivity (Wildman–Crippen MR) is 100 cm³/mol. The summed E-state index contributed by atoms with van der Waals surface area (Å²) < 4.78 is 7.19. The topological polar surface area (TPSA) is 76.4 Å². The van der Waals surface area contributed by atoms with Crippen molar-refractivity contribution in [2.75, 3.05) is 18.5 Å². The highest BCUT2D eigenvalue weighted by molar-refractivity contribution is 6.01. The molecule has 3 aromatic rings. The van der Waals surface area contributed by atoms with Gasteiger partial charge in [0.05, 0.1) is 12.9 Å². The summed E-state index contributed by atoms with van der Waals surface area (Å²) in [6.45, 7) is 0.209. The molecule has 0 unspecified atom stereocenters. The minimum atomic E-state index is -0.215. The van der Waals surface area contributed by atoms with E-state index in [1.807, 2.05) is 35.0 Å². The van der Waals surface area contributed by atoms with Crippen molar-refractivity contribution in [3.63, 3.8) is 0 Å². The van der Waals surface area contributed by atoms with Crippen LogP contribution >= 0.6 is 0 Å². The van der Waals surface area contributed by atoms with Gasteiger partial charge in [0.2, 0.25) is 5.91 Å². The lowest BCUT2D eigenvalue weighted by Gasteiger charge is -2.06. The zero-order valence-corrected chi connectivity index (χ0v) is 14.1. The highest BCUT2D eigenvalue weighted by atomic mass is 16.5. The maximum Gasteiger partial charge on any atom is 0.248 e. The molecule has 2 N–H and O–H groups in total. The van der Waals surface area contributed by atoms with E-state index in [0.29, 0.717) is 11.4 Å². The minimum absolute atomic E-state index is 0.0351. The Hall–Kier alpha value is -3.38. The Balaban J connectivity index is 1.55. The number of aliphatic hydroxyl groups is 1. The molecule has 0 spiro atoms. The van der Waals surface area contributed by atoms with E-state index in [1.54, 1.807) is 42.9 Å². The Morgan fingerprint density at radius 1 is 1.15 bits per heavy atom. The van der Waals surface area contributed by atoms with Crippen LogP contribution in [-0.4, -0.2) is 33.8 Å². The number of hydrogen-bond donors (Lipinski definition) is 2. The number of amides is 1. The standard InChI is InChI=1S/C20H19N3O3/c24-13-14-26-19-8-4-17(5-9-19)22-20(25)10-3-16-1-6-18(7-2-16)23-12-11-21-15-23/h1-12,15,24H,13-14H2,(H,22,25)/b10-3+. The van der Waals surface area contributed by atoms with Crippen molar-refractivity contribution in [3.05, 3.63) is 78.9 Å². The Bertz CT molecular complexity index is 854. The fourth-order valence-corrected chi connectivity index (χ4v) is 2.32. The van der Waals surface area contributed by atoms with Crippen LogP contribution < -0.4 is 10.1 Å². The van der Waals surface area contributed by atoms with E-state index in [1.165, 1.54) is 6.08 Å². The van der Waals surface area contributed by atoms with Crippen molar-refractivity contribution in [2.24, 2.45) is 0 Å². The van der Waals surface area contributed by atoms with E-state index in [0.717, 1.165) is 11.3 Å². The molecule has 132 valence electrons. The van der Waals surface area contributed by atoms with E-state index in [9.17, 15) is 4.79 Å². The second-order valence-corrected chi connectivity index (χ2v) is 5.48. The smallest absolute Gasteiger partial charge is 0.248 e. The van der Waals surface area contributed by atoms with Gasteiger partial charge in [0, 0.05) is 29.8 Å². The largest absolute Gasteiger partial charge is 0.491 e. The molecule has 0 aliphatic heterocycles. The lowest BCUT2D eigenvalue weighted by atomic mass is 10.2. The molecular formula is C20H19N3O3. The van der Waals surface area contributed by atoms with Crippen molar-refractivity contribution in [3.8, 4) is 11.4 Å². The molecule has 0 aliphatic rings. The Labute approximate surface area is 151 Å². The molecule has 3 rings (SSSR count). The number of nitrogens with zero attached hydrogens (tertiary/aromatic N) is 2. The van der Waals surface area contributed by atoms with Crippen molar-refractivity contribution < 1.29 is 14.6 Å². The van der Waals surface area contributed by atoms with Gasteiger partial charge in [-0.05, 0) is 48.0 Å². The number of ether oxygens (including phenoxy) is 1. The van der Waals surface area contributed by atoms with Gasteiger partial charge in [-0.15, -0.1) is 0 Å². The van der Waals surface area contributed by atoms with Crippen LogP contribution in [0, 0.1) is 0 Å². The van der Waals surface area contributed by atoms with E-state index in [-0.39, 0.29) is 19.1 Å². The molecule has 0 aliphatic carbocycles. The molecule has 1 heterocycles. The average Bonchev–Trinajstić information content (AvgIpc) is 3.21. The monoisotopic (exact) mass is 349 g/mol. The van der Waals surface area contributed by atoms with E-state index in [2.05, 4.69) is 10.3 Å². The second-order valence-electron chi connectivity index (χ2n) is 5.48. The lowest BCUT2D eigenvalue weighted by Crippen LogP contribution is -2.07. The van der Waals surface area contributed by atoms with Crippen LogP contribution in [0.25, 0.3) is 11.8 Å². The van der Waals surface area contributed by atoms with E-state index < -0.39 is 0 Å². The molecule has 6 nitrogen and oxygen atoms in total. The molecule has 0 saturated heterocycles.